The second kappa shape index (κ2) is 4.75. The van der Waals surface area contributed by atoms with Crippen LogP contribution in [0.4, 0.5) is 0 Å². The number of nitrogens with one attached hydrogen (secondary N) is 1. The van der Waals surface area contributed by atoms with Gasteiger partial charge in [-0.3, -0.25) is 5.43 Å². The second-order valence-corrected chi connectivity index (χ2v) is 2.57. The highest BCUT2D eigenvalue weighted by atomic mass is 16.4. The van der Waals surface area contributed by atoms with Crippen molar-refractivity contribution in [2.24, 2.45) is 5.10 Å². The normalized spacial score (nSPS) is 15.2. The van der Waals surface area contributed by atoms with E-state index in [4.69, 9.17) is 10.2 Å². The fraction of sp³-hybridized carbons (Fsp3) is 0. The first-order chi connectivity index (χ1) is 7.11. The number of aliphatic carboxylic acids is 2. The number of carbonyl (C=O) groups is 2. The summed E-state index contributed by atoms with van der Waals surface area (Å²) in [7, 11) is 0. The standard InChI is InChI=1S/C9H8N2O4/c12-8(13)4-7(9(14)15)6-2-1-3-10-11-5-6/h1-5,10H,(H,12,13)(H,14,15)/b7-4-. The van der Waals surface area contributed by atoms with Gasteiger partial charge in [0.05, 0.1) is 11.8 Å². The summed E-state index contributed by atoms with van der Waals surface area (Å²) in [6, 6.07) is 0. The Morgan fingerprint density at radius 1 is 1.40 bits per heavy atom. The molecule has 6 nitrogen and oxygen atoms in total. The lowest BCUT2D eigenvalue weighted by molar-refractivity contribution is -0.134. The van der Waals surface area contributed by atoms with Crippen LogP contribution in [0.25, 0.3) is 0 Å². The number of rotatable bonds is 3. The quantitative estimate of drug-likeness (QED) is 0.572. The van der Waals surface area contributed by atoms with Crippen LogP contribution in [0.3, 0.4) is 0 Å². The zero-order valence-corrected chi connectivity index (χ0v) is 7.54. The van der Waals surface area contributed by atoms with Crippen LogP contribution in [0.5, 0.6) is 0 Å². The molecule has 0 aromatic rings. The van der Waals surface area contributed by atoms with Gasteiger partial charge in [0.25, 0.3) is 0 Å². The molecule has 78 valence electrons. The van der Waals surface area contributed by atoms with Gasteiger partial charge < -0.3 is 10.2 Å². The molecule has 1 aliphatic heterocycles. The summed E-state index contributed by atoms with van der Waals surface area (Å²) < 4.78 is 0. The van der Waals surface area contributed by atoms with Crippen molar-refractivity contribution in [3.05, 3.63) is 35.6 Å². The van der Waals surface area contributed by atoms with Crippen molar-refractivity contribution in [1.29, 1.82) is 0 Å². The first kappa shape index (κ1) is 10.7. The van der Waals surface area contributed by atoms with Crippen molar-refractivity contribution in [2.75, 3.05) is 0 Å². The number of hydrazone groups is 1. The molecule has 0 saturated heterocycles. The highest BCUT2D eigenvalue weighted by molar-refractivity contribution is 6.06. The molecule has 0 aromatic carbocycles. The number of nitrogens with zero attached hydrogens (tertiary/aromatic N) is 1. The lowest BCUT2D eigenvalue weighted by Gasteiger charge is -1.99. The number of hydrogen-bond acceptors (Lipinski definition) is 4. The lowest BCUT2D eigenvalue weighted by Crippen LogP contribution is -2.07. The van der Waals surface area contributed by atoms with E-state index >= 15 is 0 Å². The van der Waals surface area contributed by atoms with Crippen LogP contribution in [0.2, 0.25) is 0 Å². The van der Waals surface area contributed by atoms with Gasteiger partial charge >= 0.3 is 11.9 Å². The maximum absolute atomic E-state index is 10.8. The molecule has 0 unspecified atom stereocenters. The van der Waals surface area contributed by atoms with Gasteiger partial charge in [-0.2, -0.15) is 5.10 Å². The highest BCUT2D eigenvalue weighted by Crippen LogP contribution is 2.09. The SMILES string of the molecule is O=C(O)/C=C(\C(=O)O)C1=CC=CNN=C1. The third-order valence-corrected chi connectivity index (χ3v) is 1.53. The molecule has 6 heteroatoms. The molecule has 0 atom stereocenters. The number of hydrogen-bond donors (Lipinski definition) is 3. The van der Waals surface area contributed by atoms with E-state index in [1.165, 1.54) is 24.6 Å². The van der Waals surface area contributed by atoms with Gasteiger partial charge in [0.1, 0.15) is 0 Å². The van der Waals surface area contributed by atoms with Crippen LogP contribution < -0.4 is 5.43 Å². The molecule has 0 bridgehead atoms. The van der Waals surface area contributed by atoms with Gasteiger partial charge in [0, 0.05) is 17.8 Å². The van der Waals surface area contributed by atoms with Gasteiger partial charge in [-0.1, -0.05) is 6.08 Å². The second-order valence-electron chi connectivity index (χ2n) is 2.57. The van der Waals surface area contributed by atoms with Crippen molar-refractivity contribution >= 4 is 18.2 Å². The predicted octanol–water partition coefficient (Wildman–Crippen LogP) is 0.111. The monoisotopic (exact) mass is 208 g/mol. The summed E-state index contributed by atoms with van der Waals surface area (Å²) in [5, 5.41) is 20.9. The summed E-state index contributed by atoms with van der Waals surface area (Å²) in [6.07, 6.45) is 6.33. The van der Waals surface area contributed by atoms with E-state index in [1.54, 1.807) is 0 Å². The van der Waals surface area contributed by atoms with E-state index in [-0.39, 0.29) is 11.1 Å². The summed E-state index contributed by atoms with van der Waals surface area (Å²) in [6.45, 7) is 0. The van der Waals surface area contributed by atoms with Crippen LogP contribution >= 0.6 is 0 Å². The van der Waals surface area contributed by atoms with Crippen LogP contribution in [-0.2, 0) is 9.59 Å². The first-order valence-corrected chi connectivity index (χ1v) is 3.95. The van der Waals surface area contributed by atoms with E-state index in [0.717, 1.165) is 0 Å². The van der Waals surface area contributed by atoms with Gasteiger partial charge in [-0.25, -0.2) is 9.59 Å². The van der Waals surface area contributed by atoms with E-state index < -0.39 is 11.9 Å². The number of carboxylic acids is 2. The van der Waals surface area contributed by atoms with Gasteiger partial charge in [0.2, 0.25) is 0 Å². The van der Waals surface area contributed by atoms with Crippen LogP contribution in [0.1, 0.15) is 0 Å². The molecule has 0 aromatic heterocycles. The Kier molecular flexibility index (Phi) is 3.39. The molecule has 0 saturated carbocycles. The van der Waals surface area contributed by atoms with E-state index in [0.29, 0.717) is 6.08 Å². The largest absolute Gasteiger partial charge is 0.478 e. The molecule has 3 N–H and O–H groups in total. The Labute approximate surface area is 84.9 Å². The fourth-order valence-corrected chi connectivity index (χ4v) is 0.939. The Hall–Kier alpha value is -2.37. The predicted molar refractivity (Wildman–Crippen MR) is 52.2 cm³/mol. The van der Waals surface area contributed by atoms with Crippen molar-refractivity contribution in [3.63, 3.8) is 0 Å². The molecule has 15 heavy (non-hydrogen) atoms. The van der Waals surface area contributed by atoms with Crippen molar-refractivity contribution in [2.45, 2.75) is 0 Å². The molecule has 0 aliphatic carbocycles. The molecule has 1 heterocycles. The van der Waals surface area contributed by atoms with E-state index in [1.807, 2.05) is 0 Å². The average molecular weight is 208 g/mol. The molecular weight excluding hydrogens is 200 g/mol. The molecule has 0 spiro atoms. The Balaban J connectivity index is 3.10. The van der Waals surface area contributed by atoms with E-state index in [2.05, 4.69) is 10.5 Å². The van der Waals surface area contributed by atoms with Crippen LogP contribution in [0, 0.1) is 0 Å². The third kappa shape index (κ3) is 3.11. The van der Waals surface area contributed by atoms with Gasteiger partial charge in [-0.05, 0) is 6.08 Å². The summed E-state index contributed by atoms with van der Waals surface area (Å²) >= 11 is 0. The lowest BCUT2D eigenvalue weighted by atomic mass is 10.1. The zero-order chi connectivity index (χ0) is 11.3. The number of allylic oxidation sites excluding steroid dienone is 2. The molecule has 1 rings (SSSR count). The molecule has 0 fully saturated rings. The Morgan fingerprint density at radius 2 is 2.13 bits per heavy atom. The summed E-state index contributed by atoms with van der Waals surface area (Å²) in [5.41, 5.74) is 2.39. The minimum Gasteiger partial charge on any atom is -0.478 e. The Bertz CT molecular complexity index is 404. The smallest absolute Gasteiger partial charge is 0.336 e. The fourth-order valence-electron chi connectivity index (χ4n) is 0.939. The number of carboxylic acid groups (broad SMARTS) is 2. The maximum atomic E-state index is 10.8. The molecule has 0 radical (unpaired) electrons. The minimum absolute atomic E-state index is 0.214. The van der Waals surface area contributed by atoms with E-state index in [9.17, 15) is 9.59 Å². The molecular formula is C9H8N2O4. The topological polar surface area (TPSA) is 99.0 Å². The molecule has 0 amide bonds. The maximum Gasteiger partial charge on any atom is 0.336 e. The van der Waals surface area contributed by atoms with Gasteiger partial charge in [0.15, 0.2) is 0 Å². The highest BCUT2D eigenvalue weighted by Gasteiger charge is 2.13. The van der Waals surface area contributed by atoms with Crippen LogP contribution in [-0.4, -0.2) is 28.4 Å². The zero-order valence-electron chi connectivity index (χ0n) is 7.54. The third-order valence-electron chi connectivity index (χ3n) is 1.53. The van der Waals surface area contributed by atoms with Gasteiger partial charge in [-0.15, -0.1) is 0 Å². The Morgan fingerprint density at radius 3 is 2.73 bits per heavy atom. The summed E-state index contributed by atoms with van der Waals surface area (Å²) in [5.74, 6) is -2.63. The van der Waals surface area contributed by atoms with Crippen molar-refractivity contribution in [3.8, 4) is 0 Å². The molecule has 1 aliphatic rings. The average Bonchev–Trinajstić information content (AvgIpc) is 2.41. The van der Waals surface area contributed by atoms with Crippen LogP contribution in [0.15, 0.2) is 40.7 Å². The summed E-state index contributed by atoms with van der Waals surface area (Å²) in [4.78, 5) is 21.2. The van der Waals surface area contributed by atoms with Crippen molar-refractivity contribution < 1.29 is 19.8 Å². The first-order valence-electron chi connectivity index (χ1n) is 3.95. The minimum atomic E-state index is -1.32. The van der Waals surface area contributed by atoms with Crippen molar-refractivity contribution in [1.82, 2.24) is 5.43 Å².